The Morgan fingerprint density at radius 2 is 1.89 bits per heavy atom. The van der Waals surface area contributed by atoms with Crippen LogP contribution in [0, 0.1) is 0 Å². The minimum Gasteiger partial charge on any atom is -0.489 e. The average Bonchev–Trinajstić information content (AvgIpc) is 2.46. The van der Waals surface area contributed by atoms with Crippen LogP contribution in [0.2, 0.25) is 0 Å². The summed E-state index contributed by atoms with van der Waals surface area (Å²) in [5, 5.41) is 1.20. The molecule has 3 nitrogen and oxygen atoms in total. The maximum absolute atomic E-state index is 12.4. The van der Waals surface area contributed by atoms with E-state index in [1.165, 1.54) is 0 Å². The number of benzene rings is 2. The molecule has 0 fully saturated rings. The first kappa shape index (κ1) is 10.4. The highest BCUT2D eigenvalue weighted by Crippen LogP contribution is 2.29. The third-order valence-corrected chi connectivity index (χ3v) is 3.34. The van der Waals surface area contributed by atoms with Crippen molar-refractivity contribution in [2.75, 3.05) is 6.61 Å². The van der Waals surface area contributed by atoms with E-state index < -0.39 is 0 Å². The molecule has 0 spiro atoms. The Kier molecular flexibility index (Phi) is 2.03. The quantitative estimate of drug-likeness (QED) is 0.574. The Labute approximate surface area is 108 Å². The standard InChI is InChI=1S/C16H10O3/c17-16-11-5-1-2-6-13(11)19-15-9-14-10(8-12(15)16)4-3-7-18-14/h1-6,8-9H,7H2. The first-order chi connectivity index (χ1) is 9.33. The lowest BCUT2D eigenvalue weighted by Crippen LogP contribution is -2.05. The Bertz CT molecular complexity index is 888. The van der Waals surface area contributed by atoms with Gasteiger partial charge in [-0.25, -0.2) is 0 Å². The molecule has 0 unspecified atom stereocenters. The molecule has 1 aromatic heterocycles. The monoisotopic (exact) mass is 250 g/mol. The van der Waals surface area contributed by atoms with E-state index in [9.17, 15) is 4.79 Å². The lowest BCUT2D eigenvalue weighted by atomic mass is 10.1. The van der Waals surface area contributed by atoms with E-state index in [1.807, 2.05) is 30.4 Å². The number of para-hydroxylation sites is 1. The maximum Gasteiger partial charge on any atom is 0.200 e. The van der Waals surface area contributed by atoms with Crippen molar-refractivity contribution in [2.45, 2.75) is 0 Å². The molecule has 2 aromatic carbocycles. The molecule has 0 bridgehead atoms. The summed E-state index contributed by atoms with van der Waals surface area (Å²) in [6.07, 6.45) is 3.89. The van der Waals surface area contributed by atoms with Crippen molar-refractivity contribution in [2.24, 2.45) is 0 Å². The third kappa shape index (κ3) is 1.48. The zero-order valence-electron chi connectivity index (χ0n) is 10.1. The van der Waals surface area contributed by atoms with Gasteiger partial charge in [-0.05, 0) is 24.3 Å². The van der Waals surface area contributed by atoms with Crippen LogP contribution in [0.15, 0.2) is 51.7 Å². The van der Waals surface area contributed by atoms with Gasteiger partial charge < -0.3 is 9.15 Å². The molecule has 3 heteroatoms. The summed E-state index contributed by atoms with van der Waals surface area (Å²) in [5.74, 6) is 0.758. The molecule has 92 valence electrons. The van der Waals surface area contributed by atoms with Crippen molar-refractivity contribution in [3.05, 3.63) is 58.3 Å². The lowest BCUT2D eigenvalue weighted by molar-refractivity contribution is 0.358. The predicted octanol–water partition coefficient (Wildman–Crippen LogP) is 3.35. The predicted molar refractivity (Wildman–Crippen MR) is 74.5 cm³/mol. The van der Waals surface area contributed by atoms with Crippen molar-refractivity contribution in [1.29, 1.82) is 0 Å². The minimum atomic E-state index is -0.00127. The summed E-state index contributed by atoms with van der Waals surface area (Å²) >= 11 is 0. The van der Waals surface area contributed by atoms with Gasteiger partial charge in [-0.15, -0.1) is 0 Å². The molecular formula is C16H10O3. The highest BCUT2D eigenvalue weighted by atomic mass is 16.5. The fourth-order valence-corrected chi connectivity index (χ4v) is 2.41. The van der Waals surface area contributed by atoms with Gasteiger partial charge in [0.2, 0.25) is 5.43 Å². The second-order valence-corrected chi connectivity index (χ2v) is 4.53. The molecule has 0 radical (unpaired) electrons. The van der Waals surface area contributed by atoms with E-state index >= 15 is 0 Å². The number of hydrogen-bond donors (Lipinski definition) is 0. The molecule has 19 heavy (non-hydrogen) atoms. The largest absolute Gasteiger partial charge is 0.489 e. The number of hydrogen-bond acceptors (Lipinski definition) is 3. The van der Waals surface area contributed by atoms with Crippen LogP contribution in [0.25, 0.3) is 28.0 Å². The van der Waals surface area contributed by atoms with Gasteiger partial charge in [-0.1, -0.05) is 18.2 Å². The minimum absolute atomic E-state index is 0.00127. The van der Waals surface area contributed by atoms with E-state index in [4.69, 9.17) is 9.15 Å². The second-order valence-electron chi connectivity index (χ2n) is 4.53. The molecular weight excluding hydrogens is 240 g/mol. The lowest BCUT2D eigenvalue weighted by Gasteiger charge is -2.12. The molecule has 1 aliphatic heterocycles. The summed E-state index contributed by atoms with van der Waals surface area (Å²) in [6, 6.07) is 10.9. The van der Waals surface area contributed by atoms with Crippen LogP contribution in [0.5, 0.6) is 5.75 Å². The summed E-state index contributed by atoms with van der Waals surface area (Å²) < 4.78 is 11.3. The Balaban J connectivity index is 2.19. The van der Waals surface area contributed by atoms with Crippen LogP contribution in [0.4, 0.5) is 0 Å². The van der Waals surface area contributed by atoms with Gasteiger partial charge in [0.1, 0.15) is 23.5 Å². The van der Waals surface area contributed by atoms with Gasteiger partial charge >= 0.3 is 0 Å². The summed E-state index contributed by atoms with van der Waals surface area (Å²) in [5.41, 5.74) is 2.09. The third-order valence-electron chi connectivity index (χ3n) is 3.34. The summed E-state index contributed by atoms with van der Waals surface area (Å²) in [7, 11) is 0. The molecule has 0 N–H and O–H groups in total. The molecule has 3 aromatic rings. The number of ether oxygens (including phenoxy) is 1. The van der Waals surface area contributed by atoms with Crippen LogP contribution in [-0.2, 0) is 0 Å². The molecule has 0 saturated carbocycles. The normalized spacial score (nSPS) is 13.5. The van der Waals surface area contributed by atoms with Gasteiger partial charge in [-0.2, -0.15) is 0 Å². The van der Waals surface area contributed by atoms with Crippen molar-refractivity contribution in [3.8, 4) is 5.75 Å². The van der Waals surface area contributed by atoms with E-state index in [0.29, 0.717) is 28.5 Å². The zero-order valence-corrected chi connectivity index (χ0v) is 10.1. The fourth-order valence-electron chi connectivity index (χ4n) is 2.41. The van der Waals surface area contributed by atoms with Gasteiger partial charge in [0.15, 0.2) is 0 Å². The van der Waals surface area contributed by atoms with E-state index in [1.54, 1.807) is 18.2 Å². The van der Waals surface area contributed by atoms with E-state index in [0.717, 1.165) is 11.3 Å². The van der Waals surface area contributed by atoms with Gasteiger partial charge in [0, 0.05) is 11.6 Å². The number of fused-ring (bicyclic) bond motifs is 3. The molecule has 1 aliphatic rings. The van der Waals surface area contributed by atoms with Crippen molar-refractivity contribution >= 4 is 28.0 Å². The first-order valence-corrected chi connectivity index (χ1v) is 6.12. The van der Waals surface area contributed by atoms with E-state index in [-0.39, 0.29) is 5.43 Å². The van der Waals surface area contributed by atoms with Crippen LogP contribution in [0.3, 0.4) is 0 Å². The van der Waals surface area contributed by atoms with Crippen LogP contribution < -0.4 is 10.2 Å². The molecule has 0 saturated heterocycles. The zero-order chi connectivity index (χ0) is 12.8. The Hall–Kier alpha value is -2.55. The van der Waals surface area contributed by atoms with Crippen LogP contribution in [-0.4, -0.2) is 6.61 Å². The van der Waals surface area contributed by atoms with Crippen molar-refractivity contribution in [1.82, 2.24) is 0 Å². The molecule has 0 amide bonds. The molecule has 2 heterocycles. The molecule has 4 rings (SSSR count). The smallest absolute Gasteiger partial charge is 0.200 e. The van der Waals surface area contributed by atoms with Gasteiger partial charge in [0.25, 0.3) is 0 Å². The summed E-state index contributed by atoms with van der Waals surface area (Å²) in [4.78, 5) is 12.4. The molecule has 0 atom stereocenters. The van der Waals surface area contributed by atoms with Crippen LogP contribution in [0.1, 0.15) is 5.56 Å². The second kappa shape index (κ2) is 3.72. The van der Waals surface area contributed by atoms with Crippen LogP contribution >= 0.6 is 0 Å². The molecule has 0 aliphatic carbocycles. The van der Waals surface area contributed by atoms with Crippen molar-refractivity contribution < 1.29 is 9.15 Å². The SMILES string of the molecule is O=c1c2ccccc2oc2cc3c(cc12)C=CCO3. The highest BCUT2D eigenvalue weighted by Gasteiger charge is 2.12. The highest BCUT2D eigenvalue weighted by molar-refractivity contribution is 5.92. The Morgan fingerprint density at radius 3 is 2.84 bits per heavy atom. The number of rotatable bonds is 0. The first-order valence-electron chi connectivity index (χ1n) is 6.12. The maximum atomic E-state index is 12.4. The Morgan fingerprint density at radius 1 is 1.00 bits per heavy atom. The summed E-state index contributed by atoms with van der Waals surface area (Å²) in [6.45, 7) is 0.552. The van der Waals surface area contributed by atoms with Crippen molar-refractivity contribution in [3.63, 3.8) is 0 Å². The van der Waals surface area contributed by atoms with Gasteiger partial charge in [-0.3, -0.25) is 4.79 Å². The average molecular weight is 250 g/mol. The fraction of sp³-hybridized carbons (Fsp3) is 0.0625. The van der Waals surface area contributed by atoms with E-state index in [2.05, 4.69) is 0 Å². The topological polar surface area (TPSA) is 39.4 Å². The van der Waals surface area contributed by atoms with Gasteiger partial charge in [0.05, 0.1) is 10.8 Å².